The van der Waals surface area contributed by atoms with Gasteiger partial charge in [0.25, 0.3) is 0 Å². The number of hydrogen-bond donors (Lipinski definition) is 2. The van der Waals surface area contributed by atoms with Crippen LogP contribution < -0.4 is 5.32 Å². The fourth-order valence-electron chi connectivity index (χ4n) is 6.34. The van der Waals surface area contributed by atoms with E-state index >= 15 is 0 Å². The van der Waals surface area contributed by atoms with Crippen molar-refractivity contribution in [1.29, 1.82) is 0 Å². The summed E-state index contributed by atoms with van der Waals surface area (Å²) in [6.45, 7) is 8.89. The van der Waals surface area contributed by atoms with Crippen molar-refractivity contribution in [1.82, 2.24) is 5.32 Å². The zero-order valence-corrected chi connectivity index (χ0v) is 30.4. The van der Waals surface area contributed by atoms with Gasteiger partial charge in [-0.2, -0.15) is 0 Å². The average molecular weight is 638 g/mol. The highest BCUT2D eigenvalue weighted by atomic mass is 16.6. The maximum Gasteiger partial charge on any atom is 0.329 e. The Balaban J connectivity index is 5.39. The topological polar surface area (TPSA) is 92.7 Å². The zero-order chi connectivity index (χ0) is 33.4. The molecule has 0 saturated heterocycles. The summed E-state index contributed by atoms with van der Waals surface area (Å²) in [7, 11) is 0. The highest BCUT2D eigenvalue weighted by Gasteiger charge is 2.36. The minimum atomic E-state index is -0.963. The van der Waals surface area contributed by atoms with Gasteiger partial charge in [0.15, 0.2) is 0 Å². The predicted octanol–water partition coefficient (Wildman–Crippen LogP) is 11.6. The SMILES string of the molecule is CCCCCCCCCCCC(=O)NC(CCC(=O)O)C(=O)OC(CCCCCC)(CCCCCC)CCCCCCCCC. The molecule has 0 aliphatic carbocycles. The summed E-state index contributed by atoms with van der Waals surface area (Å²) in [6.07, 6.45) is 30.8. The van der Waals surface area contributed by atoms with E-state index in [1.807, 2.05) is 0 Å². The van der Waals surface area contributed by atoms with Crippen molar-refractivity contribution >= 4 is 17.8 Å². The van der Waals surface area contributed by atoms with Crippen molar-refractivity contribution in [2.24, 2.45) is 0 Å². The summed E-state index contributed by atoms with van der Waals surface area (Å²) in [5.74, 6) is -1.58. The van der Waals surface area contributed by atoms with Gasteiger partial charge in [-0.05, 0) is 51.4 Å². The molecule has 2 N–H and O–H groups in total. The Labute approximate surface area is 279 Å². The van der Waals surface area contributed by atoms with Crippen molar-refractivity contribution < 1.29 is 24.2 Å². The van der Waals surface area contributed by atoms with Crippen LogP contribution in [0.15, 0.2) is 0 Å². The van der Waals surface area contributed by atoms with Crippen LogP contribution in [0.25, 0.3) is 0 Å². The van der Waals surface area contributed by atoms with Gasteiger partial charge in [0.1, 0.15) is 11.6 Å². The Morgan fingerprint density at radius 1 is 0.533 bits per heavy atom. The molecule has 1 unspecified atom stereocenters. The molecular weight excluding hydrogens is 562 g/mol. The van der Waals surface area contributed by atoms with Gasteiger partial charge in [-0.15, -0.1) is 0 Å². The van der Waals surface area contributed by atoms with Crippen LogP contribution in [-0.2, 0) is 19.1 Å². The Bertz CT molecular complexity index is 698. The molecule has 1 amide bonds. The van der Waals surface area contributed by atoms with Crippen LogP contribution in [-0.4, -0.2) is 34.6 Å². The molecule has 1 atom stereocenters. The molecule has 6 heteroatoms. The van der Waals surface area contributed by atoms with Crippen molar-refractivity contribution in [3.05, 3.63) is 0 Å². The van der Waals surface area contributed by atoms with Gasteiger partial charge in [-0.25, -0.2) is 4.79 Å². The number of unbranched alkanes of at least 4 members (excludes halogenated alkanes) is 20. The summed E-state index contributed by atoms with van der Waals surface area (Å²) in [5.41, 5.74) is -0.536. The number of esters is 1. The van der Waals surface area contributed by atoms with E-state index in [1.54, 1.807) is 0 Å². The second kappa shape index (κ2) is 31.0. The van der Waals surface area contributed by atoms with Crippen LogP contribution in [0.5, 0.6) is 0 Å². The summed E-state index contributed by atoms with van der Waals surface area (Å²) >= 11 is 0. The Hall–Kier alpha value is -1.59. The number of hydrogen-bond acceptors (Lipinski definition) is 4. The largest absolute Gasteiger partial charge is 0.481 e. The van der Waals surface area contributed by atoms with E-state index < -0.39 is 23.6 Å². The molecule has 6 nitrogen and oxygen atoms in total. The quantitative estimate of drug-likeness (QED) is 0.0541. The Kier molecular flexibility index (Phi) is 29.9. The number of nitrogens with one attached hydrogen (secondary N) is 1. The Morgan fingerprint density at radius 2 is 0.889 bits per heavy atom. The van der Waals surface area contributed by atoms with E-state index in [4.69, 9.17) is 4.74 Å². The van der Waals surface area contributed by atoms with Crippen LogP contribution in [0.3, 0.4) is 0 Å². The van der Waals surface area contributed by atoms with Gasteiger partial charge < -0.3 is 15.2 Å². The third-order valence-electron chi connectivity index (χ3n) is 9.30. The van der Waals surface area contributed by atoms with Crippen molar-refractivity contribution in [2.75, 3.05) is 0 Å². The number of carboxylic acids is 1. The van der Waals surface area contributed by atoms with Gasteiger partial charge in [-0.1, -0.05) is 156 Å². The second-order valence-electron chi connectivity index (χ2n) is 13.7. The monoisotopic (exact) mass is 638 g/mol. The number of ether oxygens (including phenoxy) is 1. The van der Waals surface area contributed by atoms with E-state index in [2.05, 4.69) is 33.0 Å². The molecule has 0 rings (SSSR count). The lowest BCUT2D eigenvalue weighted by molar-refractivity contribution is -0.167. The van der Waals surface area contributed by atoms with Gasteiger partial charge in [0.05, 0.1) is 0 Å². The van der Waals surface area contributed by atoms with Crippen molar-refractivity contribution in [3.63, 3.8) is 0 Å². The summed E-state index contributed by atoms with van der Waals surface area (Å²) < 4.78 is 6.49. The summed E-state index contributed by atoms with van der Waals surface area (Å²) in [6, 6.07) is -0.910. The predicted molar refractivity (Wildman–Crippen MR) is 190 cm³/mol. The fraction of sp³-hybridized carbons (Fsp3) is 0.923. The van der Waals surface area contributed by atoms with E-state index in [9.17, 15) is 19.5 Å². The summed E-state index contributed by atoms with van der Waals surface area (Å²) in [4.78, 5) is 38.2. The first-order chi connectivity index (χ1) is 21.8. The Morgan fingerprint density at radius 3 is 1.29 bits per heavy atom. The van der Waals surface area contributed by atoms with Crippen molar-refractivity contribution in [3.8, 4) is 0 Å². The van der Waals surface area contributed by atoms with Gasteiger partial charge >= 0.3 is 11.9 Å². The number of carbonyl (C=O) groups excluding carboxylic acids is 2. The third-order valence-corrected chi connectivity index (χ3v) is 9.30. The molecule has 45 heavy (non-hydrogen) atoms. The highest BCUT2D eigenvalue weighted by molar-refractivity contribution is 5.85. The normalized spacial score (nSPS) is 12.3. The molecule has 0 heterocycles. The number of rotatable bonds is 34. The summed E-state index contributed by atoms with van der Waals surface area (Å²) in [5, 5.41) is 12.3. The van der Waals surface area contributed by atoms with Gasteiger partial charge in [-0.3, -0.25) is 9.59 Å². The third kappa shape index (κ3) is 26.2. The standard InChI is InChI=1S/C39H75NO5/c1-5-9-13-17-19-20-21-23-25-29-36(41)40-35(30-31-37(42)43)38(44)45-39(32-26-15-11-7-3,33-27-16-12-8-4)34-28-24-22-18-14-10-6-2/h35H,5-34H2,1-4H3,(H,40,41)(H,42,43). The highest BCUT2D eigenvalue weighted by Crippen LogP contribution is 2.34. The lowest BCUT2D eigenvalue weighted by Gasteiger charge is -2.36. The van der Waals surface area contributed by atoms with E-state index in [-0.39, 0.29) is 18.7 Å². The van der Waals surface area contributed by atoms with E-state index in [0.29, 0.717) is 6.42 Å². The fourth-order valence-corrected chi connectivity index (χ4v) is 6.34. The van der Waals surface area contributed by atoms with E-state index in [1.165, 1.54) is 83.5 Å². The smallest absolute Gasteiger partial charge is 0.329 e. The first-order valence-corrected chi connectivity index (χ1v) is 19.6. The van der Waals surface area contributed by atoms with E-state index in [0.717, 1.165) is 89.9 Å². The molecule has 0 aliphatic heterocycles. The molecule has 266 valence electrons. The molecule has 0 aromatic rings. The first-order valence-electron chi connectivity index (χ1n) is 19.6. The zero-order valence-electron chi connectivity index (χ0n) is 30.4. The average Bonchev–Trinajstić information content (AvgIpc) is 3.02. The molecule has 0 spiro atoms. The number of aliphatic carboxylic acids is 1. The molecule has 0 aliphatic rings. The molecule has 0 radical (unpaired) electrons. The molecule has 0 aromatic heterocycles. The van der Waals surface area contributed by atoms with Crippen LogP contribution in [0.1, 0.15) is 220 Å². The lowest BCUT2D eigenvalue weighted by atomic mass is 9.84. The second-order valence-corrected chi connectivity index (χ2v) is 13.7. The minimum absolute atomic E-state index is 0.0663. The number of carboxylic acid groups (broad SMARTS) is 1. The van der Waals surface area contributed by atoms with Crippen molar-refractivity contribution in [2.45, 2.75) is 232 Å². The molecule has 0 saturated carbocycles. The number of amides is 1. The van der Waals surface area contributed by atoms with Crippen LogP contribution in [0, 0.1) is 0 Å². The minimum Gasteiger partial charge on any atom is -0.481 e. The molecule has 0 aromatic carbocycles. The van der Waals surface area contributed by atoms with Gasteiger partial charge in [0.2, 0.25) is 5.91 Å². The van der Waals surface area contributed by atoms with Crippen LogP contribution >= 0.6 is 0 Å². The van der Waals surface area contributed by atoms with Crippen LogP contribution in [0.4, 0.5) is 0 Å². The maximum atomic E-state index is 13.8. The number of carbonyl (C=O) groups is 3. The first kappa shape index (κ1) is 43.4. The molecule has 0 fully saturated rings. The van der Waals surface area contributed by atoms with Crippen LogP contribution in [0.2, 0.25) is 0 Å². The molecule has 0 bridgehead atoms. The molecular formula is C39H75NO5. The maximum absolute atomic E-state index is 13.8. The lowest BCUT2D eigenvalue weighted by Crippen LogP contribution is -2.46. The van der Waals surface area contributed by atoms with Gasteiger partial charge in [0, 0.05) is 12.8 Å².